The molecule has 1 nitrogen and oxygen atoms in total. The lowest BCUT2D eigenvalue weighted by Gasteiger charge is -2.43. The first kappa shape index (κ1) is 14.3. The molecule has 0 aromatic heterocycles. The summed E-state index contributed by atoms with van der Waals surface area (Å²) in [6.07, 6.45) is 5.81. The van der Waals surface area contributed by atoms with Gasteiger partial charge < -0.3 is 5.73 Å². The van der Waals surface area contributed by atoms with Gasteiger partial charge in [-0.05, 0) is 36.1 Å². The quantitative estimate of drug-likeness (QED) is 0.866. The van der Waals surface area contributed by atoms with E-state index < -0.39 is 0 Å². The van der Waals surface area contributed by atoms with Crippen molar-refractivity contribution in [3.05, 3.63) is 71.5 Å². The van der Waals surface area contributed by atoms with Gasteiger partial charge in [0, 0.05) is 11.5 Å². The Hall–Kier alpha value is -1.67. The molecule has 1 aliphatic rings. The zero-order valence-corrected chi connectivity index (χ0v) is 12.3. The van der Waals surface area contributed by atoms with Crippen molar-refractivity contribution in [2.45, 2.75) is 43.6 Å². The lowest BCUT2D eigenvalue weighted by molar-refractivity contribution is 0.244. The summed E-state index contributed by atoms with van der Waals surface area (Å²) in [4.78, 5) is 0. The molecule has 110 valence electrons. The van der Waals surface area contributed by atoms with Crippen molar-refractivity contribution < 1.29 is 4.39 Å². The molecule has 2 aromatic rings. The first-order valence-electron chi connectivity index (χ1n) is 7.79. The van der Waals surface area contributed by atoms with E-state index >= 15 is 0 Å². The maximum atomic E-state index is 13.6. The average Bonchev–Trinajstić information content (AvgIpc) is 2.55. The van der Waals surface area contributed by atoms with Crippen LogP contribution in [0.5, 0.6) is 0 Å². The van der Waals surface area contributed by atoms with Gasteiger partial charge in [0.05, 0.1) is 0 Å². The molecule has 0 bridgehead atoms. The van der Waals surface area contributed by atoms with Gasteiger partial charge in [-0.3, -0.25) is 0 Å². The summed E-state index contributed by atoms with van der Waals surface area (Å²) in [6, 6.07) is 17.1. The number of hydrogen-bond donors (Lipinski definition) is 1. The Morgan fingerprint density at radius 1 is 0.905 bits per heavy atom. The smallest absolute Gasteiger partial charge is 0.123 e. The third-order valence-electron chi connectivity index (χ3n) is 4.90. The van der Waals surface area contributed by atoms with Crippen LogP contribution in [-0.4, -0.2) is 0 Å². The number of benzene rings is 2. The third-order valence-corrected chi connectivity index (χ3v) is 4.90. The van der Waals surface area contributed by atoms with E-state index in [1.807, 2.05) is 12.1 Å². The number of halogens is 1. The van der Waals surface area contributed by atoms with Gasteiger partial charge in [0.15, 0.2) is 0 Å². The molecule has 0 heterocycles. The van der Waals surface area contributed by atoms with Crippen LogP contribution in [0.1, 0.15) is 49.3 Å². The molecule has 1 fully saturated rings. The molecule has 0 aliphatic heterocycles. The summed E-state index contributed by atoms with van der Waals surface area (Å²) in [7, 11) is 0. The van der Waals surface area contributed by atoms with E-state index in [1.54, 1.807) is 12.1 Å². The van der Waals surface area contributed by atoms with Crippen LogP contribution in [0.3, 0.4) is 0 Å². The van der Waals surface area contributed by atoms with Gasteiger partial charge >= 0.3 is 0 Å². The molecule has 2 heteroatoms. The Kier molecular flexibility index (Phi) is 4.07. The fourth-order valence-corrected chi connectivity index (χ4v) is 3.75. The first-order chi connectivity index (χ1) is 10.2. The lowest BCUT2D eigenvalue weighted by atomic mass is 9.63. The van der Waals surface area contributed by atoms with Crippen LogP contribution in [-0.2, 0) is 5.41 Å². The Labute approximate surface area is 126 Å². The van der Waals surface area contributed by atoms with Crippen LogP contribution in [0.4, 0.5) is 4.39 Å². The van der Waals surface area contributed by atoms with Crippen LogP contribution in [0.2, 0.25) is 0 Å². The first-order valence-corrected chi connectivity index (χ1v) is 7.79. The Morgan fingerprint density at radius 2 is 1.62 bits per heavy atom. The lowest BCUT2D eigenvalue weighted by Crippen LogP contribution is -2.40. The highest BCUT2D eigenvalue weighted by molar-refractivity contribution is 5.34. The summed E-state index contributed by atoms with van der Waals surface area (Å²) in [5.41, 5.74) is 8.77. The second-order valence-corrected chi connectivity index (χ2v) is 6.12. The second kappa shape index (κ2) is 5.98. The van der Waals surface area contributed by atoms with Crippen LogP contribution in [0, 0.1) is 5.82 Å². The van der Waals surface area contributed by atoms with Crippen molar-refractivity contribution in [1.29, 1.82) is 0 Å². The molecular formula is C19H22FN. The molecule has 0 radical (unpaired) electrons. The maximum Gasteiger partial charge on any atom is 0.123 e. The molecule has 2 N–H and O–H groups in total. The molecule has 1 aliphatic carbocycles. The van der Waals surface area contributed by atoms with E-state index in [0.29, 0.717) is 0 Å². The van der Waals surface area contributed by atoms with Crippen molar-refractivity contribution >= 4 is 0 Å². The van der Waals surface area contributed by atoms with Gasteiger partial charge in [-0.2, -0.15) is 0 Å². The fourth-order valence-electron chi connectivity index (χ4n) is 3.75. The van der Waals surface area contributed by atoms with Crippen molar-refractivity contribution in [1.82, 2.24) is 0 Å². The molecule has 21 heavy (non-hydrogen) atoms. The zero-order chi connectivity index (χ0) is 14.7. The van der Waals surface area contributed by atoms with Gasteiger partial charge in [0.25, 0.3) is 0 Å². The Balaban J connectivity index is 2.03. The van der Waals surface area contributed by atoms with Crippen molar-refractivity contribution in [2.75, 3.05) is 0 Å². The molecule has 1 saturated carbocycles. The minimum Gasteiger partial charge on any atom is -0.323 e. The third kappa shape index (κ3) is 2.73. The van der Waals surface area contributed by atoms with E-state index in [2.05, 4.69) is 24.3 Å². The molecule has 0 spiro atoms. The molecule has 0 saturated heterocycles. The number of hydrogen-bond acceptors (Lipinski definition) is 1. The summed E-state index contributed by atoms with van der Waals surface area (Å²) >= 11 is 0. The second-order valence-electron chi connectivity index (χ2n) is 6.12. The molecule has 2 aromatic carbocycles. The van der Waals surface area contributed by atoms with E-state index in [0.717, 1.165) is 18.4 Å². The molecule has 0 amide bonds. The van der Waals surface area contributed by atoms with Gasteiger partial charge in [-0.1, -0.05) is 61.7 Å². The van der Waals surface area contributed by atoms with Gasteiger partial charge in [0.1, 0.15) is 5.82 Å². The monoisotopic (exact) mass is 283 g/mol. The topological polar surface area (TPSA) is 26.0 Å². The van der Waals surface area contributed by atoms with Crippen LogP contribution >= 0.6 is 0 Å². The highest BCUT2D eigenvalue weighted by Crippen LogP contribution is 2.47. The zero-order valence-electron chi connectivity index (χ0n) is 12.3. The Bertz CT molecular complexity index is 588. The average molecular weight is 283 g/mol. The van der Waals surface area contributed by atoms with Crippen molar-refractivity contribution in [3.8, 4) is 0 Å². The van der Waals surface area contributed by atoms with E-state index in [4.69, 9.17) is 5.73 Å². The van der Waals surface area contributed by atoms with Crippen molar-refractivity contribution in [2.24, 2.45) is 5.73 Å². The van der Waals surface area contributed by atoms with Gasteiger partial charge in [-0.25, -0.2) is 4.39 Å². The Morgan fingerprint density at radius 3 is 2.29 bits per heavy atom. The predicted octanol–water partition coefficient (Wildman–Crippen LogP) is 4.73. The van der Waals surface area contributed by atoms with Gasteiger partial charge in [0.2, 0.25) is 0 Å². The maximum absolute atomic E-state index is 13.6. The highest BCUT2D eigenvalue weighted by Gasteiger charge is 2.40. The fraction of sp³-hybridized carbons (Fsp3) is 0.368. The summed E-state index contributed by atoms with van der Waals surface area (Å²) < 4.78 is 13.6. The molecular weight excluding hydrogens is 261 g/mol. The summed E-state index contributed by atoms with van der Waals surface area (Å²) in [6.45, 7) is 0. The standard InChI is InChI=1S/C19H22FN/c20-17-11-7-8-15(14-17)18(21)19(12-5-2-6-13-19)16-9-3-1-4-10-16/h1,3-4,7-11,14,18H,2,5-6,12-13,21H2. The predicted molar refractivity (Wildman–Crippen MR) is 84.5 cm³/mol. The summed E-state index contributed by atoms with van der Waals surface area (Å²) in [5, 5.41) is 0. The summed E-state index contributed by atoms with van der Waals surface area (Å²) in [5.74, 6) is -0.207. The largest absolute Gasteiger partial charge is 0.323 e. The minimum atomic E-state index is -0.207. The van der Waals surface area contributed by atoms with E-state index in [9.17, 15) is 4.39 Å². The van der Waals surface area contributed by atoms with E-state index in [-0.39, 0.29) is 17.3 Å². The normalized spacial score (nSPS) is 19.1. The molecule has 1 atom stereocenters. The van der Waals surface area contributed by atoms with Crippen LogP contribution in [0.25, 0.3) is 0 Å². The van der Waals surface area contributed by atoms with Gasteiger partial charge in [-0.15, -0.1) is 0 Å². The number of rotatable bonds is 3. The minimum absolute atomic E-state index is 0.0622. The molecule has 3 rings (SSSR count). The van der Waals surface area contributed by atoms with Crippen LogP contribution < -0.4 is 5.73 Å². The molecule has 1 unspecified atom stereocenters. The van der Waals surface area contributed by atoms with Crippen molar-refractivity contribution in [3.63, 3.8) is 0 Å². The highest BCUT2D eigenvalue weighted by atomic mass is 19.1. The van der Waals surface area contributed by atoms with Crippen LogP contribution in [0.15, 0.2) is 54.6 Å². The number of nitrogens with two attached hydrogens (primary N) is 1. The SMILES string of the molecule is NC(c1cccc(F)c1)C1(c2ccccc2)CCCCC1. The van der Waals surface area contributed by atoms with E-state index in [1.165, 1.54) is 30.9 Å².